The molecule has 1 aliphatic heterocycles. The maximum Gasteiger partial charge on any atom is 0.410 e. The first-order valence-corrected chi connectivity index (χ1v) is 10.8. The van der Waals surface area contributed by atoms with Crippen LogP contribution in [0, 0.1) is 0 Å². The minimum Gasteiger partial charge on any atom is -0.444 e. The molecule has 0 aromatic rings. The third-order valence-electron chi connectivity index (χ3n) is 5.71. The number of halogens is 4. The molecule has 2 saturated carbocycles. The van der Waals surface area contributed by atoms with Crippen molar-refractivity contribution >= 4 is 11.9 Å². The SMILES string of the molecule is CC(C)(C)OC(=O)N1CCN(C2CCC(F)(F)CC2)CC1.O=C1CCC(F)(F)CC1. The Hall–Kier alpha value is -1.38. The molecule has 0 atom stereocenters. The van der Waals surface area contributed by atoms with Gasteiger partial charge in [-0.25, -0.2) is 22.4 Å². The first kappa shape index (κ1) is 24.9. The quantitative estimate of drug-likeness (QED) is 0.548. The summed E-state index contributed by atoms with van der Waals surface area (Å²) in [6.07, 6.45) is 0.446. The summed E-state index contributed by atoms with van der Waals surface area (Å²) >= 11 is 0. The number of nitrogens with zero attached hydrogens (tertiary/aromatic N) is 2. The molecule has 1 heterocycles. The fraction of sp³-hybridized carbons (Fsp3) is 0.905. The lowest BCUT2D eigenvalue weighted by molar-refractivity contribution is -0.128. The van der Waals surface area contributed by atoms with Gasteiger partial charge < -0.3 is 9.64 Å². The lowest BCUT2D eigenvalue weighted by Crippen LogP contribution is -2.53. The largest absolute Gasteiger partial charge is 0.444 e. The van der Waals surface area contributed by atoms with Crippen molar-refractivity contribution in [2.24, 2.45) is 0 Å². The monoisotopic (exact) mass is 438 g/mol. The molecular weight excluding hydrogens is 404 g/mol. The van der Waals surface area contributed by atoms with Crippen LogP contribution in [0.3, 0.4) is 0 Å². The number of piperazine rings is 1. The summed E-state index contributed by atoms with van der Waals surface area (Å²) in [6.45, 7) is 8.27. The standard InChI is InChI=1S/C15H26F2N2O2.C6H8F2O/c1-14(2,3)21-13(20)19-10-8-18(9-11-19)12-4-6-15(16,17)7-5-12;7-6(8)3-1-5(9)2-4-6/h12H,4-11H2,1-3H3;1-4H2. The summed E-state index contributed by atoms with van der Waals surface area (Å²) in [5.74, 6) is -5.07. The second-order valence-electron chi connectivity index (χ2n) is 9.49. The van der Waals surface area contributed by atoms with Crippen LogP contribution < -0.4 is 0 Å². The third-order valence-corrected chi connectivity index (χ3v) is 5.71. The van der Waals surface area contributed by atoms with E-state index in [9.17, 15) is 27.2 Å². The maximum absolute atomic E-state index is 13.2. The zero-order valence-corrected chi connectivity index (χ0v) is 18.2. The normalized spacial score (nSPS) is 25.3. The van der Waals surface area contributed by atoms with E-state index >= 15 is 0 Å². The Morgan fingerprint density at radius 1 is 0.900 bits per heavy atom. The summed E-state index contributed by atoms with van der Waals surface area (Å²) in [4.78, 5) is 26.3. The number of carbonyl (C=O) groups excluding carboxylic acids is 2. The number of ketones is 1. The van der Waals surface area contributed by atoms with Crippen LogP contribution in [-0.4, -0.2) is 71.3 Å². The Labute approximate surface area is 176 Å². The van der Waals surface area contributed by atoms with Gasteiger partial charge in [-0.3, -0.25) is 9.69 Å². The first-order chi connectivity index (χ1) is 13.8. The molecule has 0 bridgehead atoms. The van der Waals surface area contributed by atoms with Gasteiger partial charge in [0.2, 0.25) is 11.8 Å². The van der Waals surface area contributed by atoms with E-state index in [0.29, 0.717) is 25.9 Å². The van der Waals surface area contributed by atoms with Crippen molar-refractivity contribution in [1.82, 2.24) is 9.80 Å². The molecule has 0 spiro atoms. The summed E-state index contributed by atoms with van der Waals surface area (Å²) < 4.78 is 56.2. The van der Waals surface area contributed by atoms with Crippen LogP contribution in [0.4, 0.5) is 22.4 Å². The highest BCUT2D eigenvalue weighted by atomic mass is 19.3. The molecule has 0 aromatic heterocycles. The molecule has 5 nitrogen and oxygen atoms in total. The molecule has 174 valence electrons. The fourth-order valence-corrected chi connectivity index (χ4v) is 3.88. The van der Waals surface area contributed by atoms with Gasteiger partial charge in [0, 0.05) is 70.7 Å². The van der Waals surface area contributed by atoms with Crippen LogP contribution in [0.25, 0.3) is 0 Å². The average Bonchev–Trinajstić information content (AvgIpc) is 2.64. The van der Waals surface area contributed by atoms with Gasteiger partial charge in [-0.05, 0) is 33.6 Å². The van der Waals surface area contributed by atoms with E-state index in [-0.39, 0.29) is 56.4 Å². The average molecular weight is 439 g/mol. The minimum absolute atomic E-state index is 0.00997. The van der Waals surface area contributed by atoms with E-state index < -0.39 is 17.4 Å². The van der Waals surface area contributed by atoms with Crippen molar-refractivity contribution in [2.45, 2.75) is 95.6 Å². The number of hydrogen-bond donors (Lipinski definition) is 0. The number of alkyl halides is 4. The van der Waals surface area contributed by atoms with Crippen LogP contribution in [0.15, 0.2) is 0 Å². The molecule has 0 aromatic carbocycles. The van der Waals surface area contributed by atoms with E-state index in [4.69, 9.17) is 4.74 Å². The van der Waals surface area contributed by atoms with Gasteiger partial charge in [0.1, 0.15) is 11.4 Å². The van der Waals surface area contributed by atoms with Crippen molar-refractivity contribution in [1.29, 1.82) is 0 Å². The predicted octanol–water partition coefficient (Wildman–Crippen LogP) is 4.88. The van der Waals surface area contributed by atoms with Gasteiger partial charge >= 0.3 is 6.09 Å². The van der Waals surface area contributed by atoms with Crippen LogP contribution in [-0.2, 0) is 9.53 Å². The number of ether oxygens (including phenoxy) is 1. The van der Waals surface area contributed by atoms with Gasteiger partial charge in [-0.15, -0.1) is 0 Å². The molecule has 3 fully saturated rings. The molecule has 0 N–H and O–H groups in total. The molecule has 3 rings (SSSR count). The predicted molar refractivity (Wildman–Crippen MR) is 105 cm³/mol. The van der Waals surface area contributed by atoms with Crippen molar-refractivity contribution in [3.8, 4) is 0 Å². The van der Waals surface area contributed by atoms with Crippen molar-refractivity contribution in [3.05, 3.63) is 0 Å². The Morgan fingerprint density at radius 3 is 1.80 bits per heavy atom. The number of Topliss-reactive ketones (excluding diaryl/α,β-unsaturated/α-hetero) is 1. The number of amides is 1. The van der Waals surface area contributed by atoms with Gasteiger partial charge in [-0.2, -0.15) is 0 Å². The molecule has 2 aliphatic carbocycles. The Morgan fingerprint density at radius 2 is 1.37 bits per heavy atom. The van der Waals surface area contributed by atoms with E-state index in [1.54, 1.807) is 4.90 Å². The molecule has 1 saturated heterocycles. The fourth-order valence-electron chi connectivity index (χ4n) is 3.88. The van der Waals surface area contributed by atoms with E-state index in [2.05, 4.69) is 4.90 Å². The Bertz CT molecular complexity index is 578. The van der Waals surface area contributed by atoms with E-state index in [1.807, 2.05) is 20.8 Å². The molecule has 1 amide bonds. The van der Waals surface area contributed by atoms with Crippen LogP contribution in [0.2, 0.25) is 0 Å². The van der Waals surface area contributed by atoms with Crippen LogP contribution in [0.1, 0.15) is 72.1 Å². The van der Waals surface area contributed by atoms with Gasteiger partial charge in [0.25, 0.3) is 0 Å². The molecule has 3 aliphatic rings. The molecule has 0 unspecified atom stereocenters. The highest BCUT2D eigenvalue weighted by molar-refractivity contribution is 5.79. The second kappa shape index (κ2) is 9.83. The molecule has 30 heavy (non-hydrogen) atoms. The number of rotatable bonds is 1. The lowest BCUT2D eigenvalue weighted by atomic mass is 9.91. The summed E-state index contributed by atoms with van der Waals surface area (Å²) in [5.41, 5.74) is -0.483. The highest BCUT2D eigenvalue weighted by Gasteiger charge is 2.38. The van der Waals surface area contributed by atoms with Gasteiger partial charge in [-0.1, -0.05) is 0 Å². The summed E-state index contributed by atoms with van der Waals surface area (Å²) in [7, 11) is 0. The Balaban J connectivity index is 0.000000297. The van der Waals surface area contributed by atoms with E-state index in [1.165, 1.54) is 0 Å². The van der Waals surface area contributed by atoms with Crippen molar-refractivity contribution in [2.75, 3.05) is 26.2 Å². The Kier molecular flexibility index (Phi) is 8.15. The number of hydrogen-bond acceptors (Lipinski definition) is 4. The molecule has 0 radical (unpaired) electrons. The summed E-state index contributed by atoms with van der Waals surface area (Å²) in [6, 6.07) is 0.241. The van der Waals surface area contributed by atoms with Crippen molar-refractivity contribution < 1.29 is 31.9 Å². The second-order valence-corrected chi connectivity index (χ2v) is 9.49. The molecular formula is C21H34F4N2O3. The number of carbonyl (C=O) groups is 2. The van der Waals surface area contributed by atoms with E-state index in [0.717, 1.165) is 13.1 Å². The zero-order valence-electron chi connectivity index (χ0n) is 18.2. The van der Waals surface area contributed by atoms with Crippen molar-refractivity contribution in [3.63, 3.8) is 0 Å². The van der Waals surface area contributed by atoms with Crippen LogP contribution in [0.5, 0.6) is 0 Å². The first-order valence-electron chi connectivity index (χ1n) is 10.8. The van der Waals surface area contributed by atoms with Gasteiger partial charge in [0.15, 0.2) is 0 Å². The zero-order chi connectivity index (χ0) is 22.6. The van der Waals surface area contributed by atoms with Gasteiger partial charge in [0.05, 0.1) is 0 Å². The lowest BCUT2D eigenvalue weighted by Gasteiger charge is -2.42. The van der Waals surface area contributed by atoms with Crippen LogP contribution >= 0.6 is 0 Å². The molecule has 9 heteroatoms. The third kappa shape index (κ3) is 8.40. The summed E-state index contributed by atoms with van der Waals surface area (Å²) in [5, 5.41) is 0. The topological polar surface area (TPSA) is 49.9 Å². The minimum atomic E-state index is -2.56. The highest BCUT2D eigenvalue weighted by Crippen LogP contribution is 2.35. The smallest absolute Gasteiger partial charge is 0.410 e. The maximum atomic E-state index is 13.2.